The molecule has 1 aliphatic rings. The van der Waals surface area contributed by atoms with E-state index in [-0.39, 0.29) is 18.0 Å². The van der Waals surface area contributed by atoms with Crippen molar-refractivity contribution in [1.82, 2.24) is 0 Å². The van der Waals surface area contributed by atoms with E-state index in [9.17, 15) is 10.1 Å². The average molecular weight is 347 g/mol. The average Bonchev–Trinajstić information content (AvgIpc) is 2.71. The molecule has 0 amide bonds. The summed E-state index contributed by atoms with van der Waals surface area (Å²) in [7, 11) is 3.12. The lowest BCUT2D eigenvalue weighted by molar-refractivity contribution is 0.103. The number of hydrogen-bond donors (Lipinski definition) is 0. The Morgan fingerprint density at radius 1 is 1.15 bits per heavy atom. The van der Waals surface area contributed by atoms with Crippen LogP contribution >= 0.6 is 0 Å². The first-order chi connectivity index (χ1) is 12.6. The largest absolute Gasteiger partial charge is 0.497 e. The number of ketones is 1. The van der Waals surface area contributed by atoms with Crippen LogP contribution in [0.15, 0.2) is 59.7 Å². The predicted molar refractivity (Wildman–Crippen MR) is 97.5 cm³/mol. The number of nitrogens with zero attached hydrogens (tertiary/aromatic N) is 1. The van der Waals surface area contributed by atoms with Gasteiger partial charge in [0, 0.05) is 17.2 Å². The number of carbonyl (C=O) groups excluding carboxylic acids is 1. The molecular weight excluding hydrogens is 330 g/mol. The number of methoxy groups -OCH3 is 2. The third-order valence-electron chi connectivity index (χ3n) is 3.98. The highest BCUT2D eigenvalue weighted by atomic mass is 16.5. The number of rotatable bonds is 5. The van der Waals surface area contributed by atoms with Gasteiger partial charge in [0.1, 0.15) is 35.5 Å². The summed E-state index contributed by atoms with van der Waals surface area (Å²) in [6, 6.07) is 14.2. The molecule has 0 saturated carbocycles. The van der Waals surface area contributed by atoms with Crippen molar-refractivity contribution in [3.05, 3.63) is 70.8 Å². The highest BCUT2D eigenvalue weighted by Crippen LogP contribution is 2.31. The third kappa shape index (κ3) is 3.60. The highest BCUT2D eigenvalue weighted by Gasteiger charge is 2.16. The van der Waals surface area contributed by atoms with Crippen molar-refractivity contribution in [3.8, 4) is 23.3 Å². The monoisotopic (exact) mass is 347 g/mol. The van der Waals surface area contributed by atoms with E-state index in [4.69, 9.17) is 14.2 Å². The number of Topliss-reactive ketones (excluding diaryl/α,β-unsaturated/α-hetero) is 1. The van der Waals surface area contributed by atoms with Gasteiger partial charge in [0.25, 0.3) is 0 Å². The molecule has 0 spiro atoms. The van der Waals surface area contributed by atoms with Gasteiger partial charge in [-0.3, -0.25) is 4.79 Å². The van der Waals surface area contributed by atoms with Gasteiger partial charge >= 0.3 is 0 Å². The minimum Gasteiger partial charge on any atom is -0.497 e. The SMILES string of the molecule is COc1cccc(C(=O)/C(C#N)=C/C2=Cc3ccc(OC)cc3OC2)c1. The zero-order chi connectivity index (χ0) is 18.5. The molecule has 3 rings (SSSR count). The summed E-state index contributed by atoms with van der Waals surface area (Å²) in [6.07, 6.45) is 3.46. The molecule has 130 valence electrons. The van der Waals surface area contributed by atoms with Crippen LogP contribution in [0.1, 0.15) is 15.9 Å². The zero-order valence-corrected chi connectivity index (χ0v) is 14.5. The van der Waals surface area contributed by atoms with E-state index in [1.165, 1.54) is 7.11 Å². The maximum Gasteiger partial charge on any atom is 0.203 e. The molecule has 0 aliphatic carbocycles. The summed E-state index contributed by atoms with van der Waals surface area (Å²) in [5.74, 6) is 1.63. The van der Waals surface area contributed by atoms with Crippen molar-refractivity contribution < 1.29 is 19.0 Å². The van der Waals surface area contributed by atoms with Gasteiger partial charge in [-0.2, -0.15) is 5.26 Å². The summed E-state index contributed by atoms with van der Waals surface area (Å²) in [6.45, 7) is 0.275. The van der Waals surface area contributed by atoms with E-state index < -0.39 is 0 Å². The Bertz CT molecular complexity index is 951. The fourth-order valence-electron chi connectivity index (χ4n) is 2.63. The first-order valence-corrected chi connectivity index (χ1v) is 7.96. The normalized spacial score (nSPS) is 13.0. The lowest BCUT2D eigenvalue weighted by Gasteiger charge is -2.17. The van der Waals surface area contributed by atoms with Crippen LogP contribution in [0.2, 0.25) is 0 Å². The molecule has 0 saturated heterocycles. The lowest BCUT2D eigenvalue weighted by Crippen LogP contribution is -2.08. The molecule has 0 radical (unpaired) electrons. The van der Waals surface area contributed by atoms with Gasteiger partial charge in [-0.05, 0) is 42.0 Å². The quantitative estimate of drug-likeness (QED) is 0.467. The van der Waals surface area contributed by atoms with E-state index in [2.05, 4.69) is 0 Å². The molecule has 0 aromatic heterocycles. The molecular formula is C21H17NO4. The van der Waals surface area contributed by atoms with Crippen molar-refractivity contribution in [2.45, 2.75) is 0 Å². The summed E-state index contributed by atoms with van der Waals surface area (Å²) < 4.78 is 16.0. The molecule has 26 heavy (non-hydrogen) atoms. The molecule has 5 nitrogen and oxygen atoms in total. The molecule has 2 aromatic rings. The summed E-state index contributed by atoms with van der Waals surface area (Å²) in [5.41, 5.74) is 2.06. The number of ether oxygens (including phenoxy) is 3. The van der Waals surface area contributed by atoms with Crippen molar-refractivity contribution in [2.24, 2.45) is 0 Å². The van der Waals surface area contributed by atoms with Crippen LogP contribution in [0.25, 0.3) is 6.08 Å². The summed E-state index contributed by atoms with van der Waals surface area (Å²) in [4.78, 5) is 12.6. The topological polar surface area (TPSA) is 68.6 Å². The number of nitriles is 1. The van der Waals surface area contributed by atoms with Gasteiger partial charge in [0.15, 0.2) is 0 Å². The Hall–Kier alpha value is -3.52. The molecule has 0 fully saturated rings. The Kier molecular flexibility index (Phi) is 5.04. The maximum absolute atomic E-state index is 12.6. The van der Waals surface area contributed by atoms with Gasteiger partial charge < -0.3 is 14.2 Å². The molecule has 1 heterocycles. The molecule has 5 heteroatoms. The molecule has 0 unspecified atom stereocenters. The first kappa shape index (κ1) is 17.3. The van der Waals surface area contributed by atoms with Gasteiger partial charge in [0.05, 0.1) is 14.2 Å². The second kappa shape index (κ2) is 7.58. The van der Waals surface area contributed by atoms with Crippen LogP contribution in [0.5, 0.6) is 17.2 Å². The minimum atomic E-state index is -0.354. The van der Waals surface area contributed by atoms with Gasteiger partial charge in [-0.25, -0.2) is 0 Å². The zero-order valence-electron chi connectivity index (χ0n) is 14.5. The van der Waals surface area contributed by atoms with E-state index in [0.717, 1.165) is 11.1 Å². The first-order valence-electron chi connectivity index (χ1n) is 7.96. The van der Waals surface area contributed by atoms with E-state index >= 15 is 0 Å². The van der Waals surface area contributed by atoms with E-state index in [1.807, 2.05) is 24.3 Å². The highest BCUT2D eigenvalue weighted by molar-refractivity contribution is 6.11. The number of hydrogen-bond acceptors (Lipinski definition) is 5. The lowest BCUT2D eigenvalue weighted by atomic mass is 10.00. The number of fused-ring (bicyclic) bond motifs is 1. The fourth-order valence-corrected chi connectivity index (χ4v) is 2.63. The second-order valence-corrected chi connectivity index (χ2v) is 5.64. The van der Waals surface area contributed by atoms with E-state index in [1.54, 1.807) is 43.5 Å². The van der Waals surface area contributed by atoms with Crippen LogP contribution in [0.4, 0.5) is 0 Å². The molecule has 0 N–H and O–H groups in total. The summed E-state index contributed by atoms with van der Waals surface area (Å²) >= 11 is 0. The van der Waals surface area contributed by atoms with Crippen molar-refractivity contribution in [2.75, 3.05) is 20.8 Å². The number of allylic oxidation sites excluding steroid dienone is 1. The Morgan fingerprint density at radius 2 is 1.92 bits per heavy atom. The van der Waals surface area contributed by atoms with Gasteiger partial charge in [-0.15, -0.1) is 0 Å². The predicted octanol–water partition coefficient (Wildman–Crippen LogP) is 3.81. The van der Waals surface area contributed by atoms with Crippen LogP contribution in [0.3, 0.4) is 0 Å². The maximum atomic E-state index is 12.6. The molecule has 0 bridgehead atoms. The number of benzene rings is 2. The van der Waals surface area contributed by atoms with Crippen LogP contribution in [0, 0.1) is 11.3 Å². The minimum absolute atomic E-state index is 0.0464. The fraction of sp³-hybridized carbons (Fsp3) is 0.143. The molecule has 1 aliphatic heterocycles. The van der Waals surface area contributed by atoms with Crippen LogP contribution < -0.4 is 14.2 Å². The third-order valence-corrected chi connectivity index (χ3v) is 3.98. The van der Waals surface area contributed by atoms with E-state index in [0.29, 0.717) is 22.8 Å². The van der Waals surface area contributed by atoms with Crippen molar-refractivity contribution in [3.63, 3.8) is 0 Å². The van der Waals surface area contributed by atoms with Crippen LogP contribution in [-0.2, 0) is 0 Å². The Balaban J connectivity index is 1.90. The van der Waals surface area contributed by atoms with Crippen molar-refractivity contribution >= 4 is 11.9 Å². The standard InChI is InChI=1S/C21H17NO4/c1-24-18-5-3-4-16(10-18)21(23)17(12-22)9-14-8-15-6-7-19(25-2)11-20(15)26-13-14/h3-11H,13H2,1-2H3/b17-9+. The Labute approximate surface area is 151 Å². The van der Waals surface area contributed by atoms with Gasteiger partial charge in [-0.1, -0.05) is 12.1 Å². The molecule has 0 atom stereocenters. The number of carbonyl (C=O) groups is 1. The summed E-state index contributed by atoms with van der Waals surface area (Å²) in [5, 5.41) is 9.42. The Morgan fingerprint density at radius 3 is 2.65 bits per heavy atom. The van der Waals surface area contributed by atoms with Gasteiger partial charge in [0.2, 0.25) is 5.78 Å². The second-order valence-electron chi connectivity index (χ2n) is 5.64. The smallest absolute Gasteiger partial charge is 0.203 e. The van der Waals surface area contributed by atoms with Crippen molar-refractivity contribution in [1.29, 1.82) is 5.26 Å². The molecule has 2 aromatic carbocycles. The van der Waals surface area contributed by atoms with Crippen LogP contribution in [-0.4, -0.2) is 26.6 Å².